The van der Waals surface area contributed by atoms with Gasteiger partial charge < -0.3 is 25.0 Å². The van der Waals surface area contributed by atoms with E-state index >= 15 is 0 Å². The van der Waals surface area contributed by atoms with Crippen molar-refractivity contribution in [3.05, 3.63) is 82.9 Å². The second-order valence-electron chi connectivity index (χ2n) is 10.9. The largest absolute Gasteiger partial charge is 0.481 e. The molecule has 0 fully saturated rings. The average molecular weight is 595 g/mol. The summed E-state index contributed by atoms with van der Waals surface area (Å²) in [5, 5.41) is 22.1. The van der Waals surface area contributed by atoms with E-state index in [1.807, 2.05) is 30.3 Å². The topological polar surface area (TPSA) is 126 Å². The fraction of sp³-hybridized carbons (Fsp3) is 0.314. The van der Waals surface area contributed by atoms with Crippen LogP contribution in [0.4, 0.5) is 0 Å². The molecule has 0 radical (unpaired) electrons. The van der Waals surface area contributed by atoms with Crippen LogP contribution in [0.5, 0.6) is 11.8 Å². The zero-order valence-corrected chi connectivity index (χ0v) is 25.6. The molecule has 1 aliphatic rings. The number of ether oxygens (including phenoxy) is 2. The minimum absolute atomic E-state index is 0.253. The van der Waals surface area contributed by atoms with Gasteiger partial charge in [-0.1, -0.05) is 42.5 Å². The Bertz CT molecular complexity index is 1700. The summed E-state index contributed by atoms with van der Waals surface area (Å²) in [5.74, 6) is 0.880. The second kappa shape index (κ2) is 13.7. The number of hydrogen-bond donors (Lipinski definition) is 3. The number of methoxy groups -OCH3 is 2. The van der Waals surface area contributed by atoms with Crippen molar-refractivity contribution in [2.45, 2.75) is 45.6 Å². The summed E-state index contributed by atoms with van der Waals surface area (Å²) >= 11 is 0. The minimum Gasteiger partial charge on any atom is -0.481 e. The van der Waals surface area contributed by atoms with Crippen molar-refractivity contribution >= 4 is 11.8 Å². The number of aliphatic hydroxyl groups excluding tert-OH is 1. The number of nitrogens with one attached hydrogen (secondary N) is 1. The van der Waals surface area contributed by atoms with Gasteiger partial charge >= 0.3 is 5.97 Å². The highest BCUT2D eigenvalue weighted by Crippen LogP contribution is 2.37. The third-order valence-corrected chi connectivity index (χ3v) is 8.02. The van der Waals surface area contributed by atoms with Crippen LogP contribution in [0.3, 0.4) is 0 Å². The number of aryl methyl sites for hydroxylation is 1. The number of rotatable bonds is 12. The van der Waals surface area contributed by atoms with Crippen LogP contribution in [0.1, 0.15) is 41.5 Å². The van der Waals surface area contributed by atoms with E-state index in [-0.39, 0.29) is 6.42 Å². The fourth-order valence-corrected chi connectivity index (χ4v) is 5.73. The van der Waals surface area contributed by atoms with Gasteiger partial charge in [-0.05, 0) is 73.6 Å². The van der Waals surface area contributed by atoms with Gasteiger partial charge in [0.15, 0.2) is 0 Å². The number of pyridine rings is 2. The summed E-state index contributed by atoms with van der Waals surface area (Å²) in [6.07, 6.45) is 0.542. The number of hydrogen-bond acceptors (Lipinski definition) is 8. The fourth-order valence-electron chi connectivity index (χ4n) is 5.73. The lowest BCUT2D eigenvalue weighted by molar-refractivity contribution is -0.139. The molecular weight excluding hydrogens is 556 g/mol. The van der Waals surface area contributed by atoms with Crippen molar-refractivity contribution in [1.29, 1.82) is 0 Å². The SMILES string of the molecule is COc1nc(-c2cccc(-c3cccc(-c4ccc(C5=NCCN5)c(OC)n4)c3C)c2C)ccc1CCC[C@@H](O)CC(=O)O. The number of benzene rings is 2. The molecule has 228 valence electrons. The number of aliphatic hydroxyl groups is 1. The Morgan fingerprint density at radius 3 is 2.00 bits per heavy atom. The second-order valence-corrected chi connectivity index (χ2v) is 10.9. The number of carbonyl (C=O) groups is 1. The van der Waals surface area contributed by atoms with Crippen LogP contribution in [-0.2, 0) is 11.2 Å². The van der Waals surface area contributed by atoms with Crippen LogP contribution >= 0.6 is 0 Å². The molecule has 9 heteroatoms. The van der Waals surface area contributed by atoms with E-state index in [2.05, 4.69) is 54.5 Å². The quantitative estimate of drug-likeness (QED) is 0.193. The van der Waals surface area contributed by atoms with E-state index in [0.29, 0.717) is 31.0 Å². The first-order valence-corrected chi connectivity index (χ1v) is 14.8. The molecule has 0 unspecified atom stereocenters. The summed E-state index contributed by atoms with van der Waals surface area (Å²) in [6, 6.07) is 20.5. The molecule has 44 heavy (non-hydrogen) atoms. The molecule has 1 aliphatic heterocycles. The highest BCUT2D eigenvalue weighted by molar-refractivity contribution is 6.02. The van der Waals surface area contributed by atoms with E-state index in [1.54, 1.807) is 14.2 Å². The summed E-state index contributed by atoms with van der Waals surface area (Å²) in [4.78, 5) is 25.0. The van der Waals surface area contributed by atoms with Gasteiger partial charge in [0.2, 0.25) is 11.8 Å². The van der Waals surface area contributed by atoms with Gasteiger partial charge in [-0.2, -0.15) is 0 Å². The van der Waals surface area contributed by atoms with Gasteiger partial charge in [0.05, 0.1) is 50.2 Å². The summed E-state index contributed by atoms with van der Waals surface area (Å²) in [7, 11) is 3.23. The zero-order valence-electron chi connectivity index (χ0n) is 25.6. The molecule has 0 saturated heterocycles. The molecule has 0 saturated carbocycles. The number of nitrogens with zero attached hydrogens (tertiary/aromatic N) is 3. The minimum atomic E-state index is -1.00. The van der Waals surface area contributed by atoms with Gasteiger partial charge in [0, 0.05) is 23.2 Å². The lowest BCUT2D eigenvalue weighted by Crippen LogP contribution is -2.20. The highest BCUT2D eigenvalue weighted by Gasteiger charge is 2.19. The maximum atomic E-state index is 10.8. The number of aromatic nitrogens is 2. The van der Waals surface area contributed by atoms with E-state index < -0.39 is 12.1 Å². The molecule has 9 nitrogen and oxygen atoms in total. The lowest BCUT2D eigenvalue weighted by Gasteiger charge is -2.17. The van der Waals surface area contributed by atoms with Crippen molar-refractivity contribution < 1.29 is 24.5 Å². The van der Waals surface area contributed by atoms with Crippen molar-refractivity contribution in [2.24, 2.45) is 4.99 Å². The Morgan fingerprint density at radius 1 is 0.841 bits per heavy atom. The van der Waals surface area contributed by atoms with Crippen molar-refractivity contribution in [3.8, 4) is 45.4 Å². The number of aliphatic imine (C=N–C) groups is 1. The zero-order chi connectivity index (χ0) is 31.2. The molecule has 3 N–H and O–H groups in total. The highest BCUT2D eigenvalue weighted by atomic mass is 16.5. The maximum Gasteiger partial charge on any atom is 0.305 e. The standard InChI is InChI=1S/C35H38N4O5/c1-21-25(10-6-12-27(21)30-16-14-23(34(38-30)43-3)8-5-9-24(40)20-32(41)42)26-11-7-13-28(22(26)2)31-17-15-29(35(39-31)44-4)33-36-18-19-37-33/h6-7,10-17,24,40H,5,8-9,18-20H2,1-4H3,(H,36,37)(H,41,42)/t24-/m1/s1. The molecule has 0 bridgehead atoms. The third kappa shape index (κ3) is 6.58. The monoisotopic (exact) mass is 594 g/mol. The number of carboxylic acids is 1. The first kappa shape index (κ1) is 30.7. The summed E-state index contributed by atoms with van der Waals surface area (Å²) in [5.41, 5.74) is 9.85. The Morgan fingerprint density at radius 2 is 1.43 bits per heavy atom. The summed E-state index contributed by atoms with van der Waals surface area (Å²) in [6.45, 7) is 5.78. The third-order valence-electron chi connectivity index (χ3n) is 8.02. The number of carboxylic acid groups (broad SMARTS) is 1. The molecule has 3 heterocycles. The van der Waals surface area contributed by atoms with Crippen LogP contribution in [0.15, 0.2) is 65.7 Å². The smallest absolute Gasteiger partial charge is 0.305 e. The Labute approximate surface area is 257 Å². The molecule has 2 aromatic carbocycles. The van der Waals surface area contributed by atoms with E-state index in [0.717, 1.165) is 74.8 Å². The summed E-state index contributed by atoms with van der Waals surface area (Å²) < 4.78 is 11.3. The van der Waals surface area contributed by atoms with Crippen molar-refractivity contribution in [1.82, 2.24) is 15.3 Å². The normalized spacial score (nSPS) is 13.2. The van der Waals surface area contributed by atoms with Crippen LogP contribution in [0.25, 0.3) is 33.6 Å². The van der Waals surface area contributed by atoms with Gasteiger partial charge in [-0.15, -0.1) is 0 Å². The predicted molar refractivity (Wildman–Crippen MR) is 172 cm³/mol. The average Bonchev–Trinajstić information content (AvgIpc) is 3.56. The molecule has 2 aromatic heterocycles. The van der Waals surface area contributed by atoms with Gasteiger partial charge in [-0.3, -0.25) is 9.79 Å². The first-order chi connectivity index (χ1) is 21.3. The molecule has 0 aliphatic carbocycles. The van der Waals surface area contributed by atoms with E-state index in [9.17, 15) is 9.90 Å². The lowest BCUT2D eigenvalue weighted by atomic mass is 9.89. The van der Waals surface area contributed by atoms with Crippen LogP contribution in [0, 0.1) is 13.8 Å². The van der Waals surface area contributed by atoms with E-state index in [4.69, 9.17) is 24.5 Å². The molecule has 4 aromatic rings. The molecule has 0 spiro atoms. The predicted octanol–water partition coefficient (Wildman–Crippen LogP) is 5.62. The van der Waals surface area contributed by atoms with E-state index in [1.165, 1.54) is 0 Å². The van der Waals surface area contributed by atoms with Crippen LogP contribution < -0.4 is 14.8 Å². The molecule has 0 amide bonds. The maximum absolute atomic E-state index is 10.8. The van der Waals surface area contributed by atoms with Crippen LogP contribution in [-0.4, -0.2) is 65.4 Å². The Kier molecular flexibility index (Phi) is 9.55. The van der Waals surface area contributed by atoms with Crippen molar-refractivity contribution in [3.63, 3.8) is 0 Å². The first-order valence-electron chi connectivity index (χ1n) is 14.8. The molecule has 1 atom stereocenters. The number of aliphatic carboxylic acids is 1. The number of amidine groups is 1. The molecule has 5 rings (SSSR count). The molecular formula is C35H38N4O5. The van der Waals surface area contributed by atoms with Gasteiger partial charge in [-0.25, -0.2) is 9.97 Å². The van der Waals surface area contributed by atoms with Crippen LogP contribution in [0.2, 0.25) is 0 Å². The Hall–Kier alpha value is -4.76. The van der Waals surface area contributed by atoms with Crippen molar-refractivity contribution in [2.75, 3.05) is 27.3 Å². The van der Waals surface area contributed by atoms with Gasteiger partial charge in [0.25, 0.3) is 0 Å². The Balaban J connectivity index is 1.43. The van der Waals surface area contributed by atoms with Gasteiger partial charge in [0.1, 0.15) is 5.84 Å².